The van der Waals surface area contributed by atoms with Crippen molar-refractivity contribution in [2.75, 3.05) is 13.2 Å². The van der Waals surface area contributed by atoms with Crippen LogP contribution in [0, 0.1) is 0 Å². The molecule has 2 rings (SSSR count). The summed E-state index contributed by atoms with van der Waals surface area (Å²) < 4.78 is 5.45. The molecule has 0 bridgehead atoms. The van der Waals surface area contributed by atoms with Gasteiger partial charge in [-0.2, -0.15) is 0 Å². The third-order valence-corrected chi connectivity index (χ3v) is 2.15. The quantitative estimate of drug-likeness (QED) is 0.662. The lowest BCUT2D eigenvalue weighted by Crippen LogP contribution is -2.21. The van der Waals surface area contributed by atoms with E-state index in [0.717, 1.165) is 25.0 Å². The van der Waals surface area contributed by atoms with Crippen molar-refractivity contribution >= 4 is 0 Å². The molecule has 0 spiro atoms. The van der Waals surface area contributed by atoms with Gasteiger partial charge in [-0.25, -0.2) is 0 Å². The maximum absolute atomic E-state index is 5.45. The van der Waals surface area contributed by atoms with Gasteiger partial charge in [0, 0.05) is 6.04 Å². The van der Waals surface area contributed by atoms with Crippen molar-refractivity contribution in [1.82, 2.24) is 5.32 Å². The molecular formula is C9H15NO. The monoisotopic (exact) mass is 153 g/mol. The maximum atomic E-state index is 5.45. The lowest BCUT2D eigenvalue weighted by molar-refractivity contribution is 0.186. The van der Waals surface area contributed by atoms with E-state index in [2.05, 4.69) is 11.4 Å². The van der Waals surface area contributed by atoms with Crippen LogP contribution in [0.25, 0.3) is 0 Å². The average molecular weight is 153 g/mol. The first-order valence-electron chi connectivity index (χ1n) is 4.50. The van der Waals surface area contributed by atoms with E-state index in [9.17, 15) is 0 Å². The summed E-state index contributed by atoms with van der Waals surface area (Å²) in [4.78, 5) is 0. The van der Waals surface area contributed by atoms with Crippen molar-refractivity contribution < 1.29 is 4.74 Å². The molecule has 0 saturated heterocycles. The fraction of sp³-hybridized carbons (Fsp3) is 0.778. The molecule has 62 valence electrons. The van der Waals surface area contributed by atoms with E-state index in [1.165, 1.54) is 25.7 Å². The molecule has 1 fully saturated rings. The standard InChI is InChI=1S/C9H15NO/c1-2-6-11-9(3-1)7-10-8-4-5-8/h3,8,10H,1-2,4-7H2. The number of allylic oxidation sites excluding steroid dienone is 1. The van der Waals surface area contributed by atoms with E-state index in [0.29, 0.717) is 0 Å². The Morgan fingerprint density at radius 2 is 2.45 bits per heavy atom. The van der Waals surface area contributed by atoms with Crippen LogP contribution in [0.4, 0.5) is 0 Å². The molecular weight excluding hydrogens is 138 g/mol. The first-order valence-corrected chi connectivity index (χ1v) is 4.50. The zero-order valence-electron chi connectivity index (χ0n) is 6.81. The minimum absolute atomic E-state index is 0.793. The van der Waals surface area contributed by atoms with Crippen LogP contribution in [-0.2, 0) is 4.74 Å². The number of nitrogens with one attached hydrogen (secondary N) is 1. The number of hydrogen-bond acceptors (Lipinski definition) is 2. The van der Waals surface area contributed by atoms with E-state index in [1.54, 1.807) is 0 Å². The lowest BCUT2D eigenvalue weighted by atomic mass is 10.2. The van der Waals surface area contributed by atoms with Crippen LogP contribution in [0.3, 0.4) is 0 Å². The topological polar surface area (TPSA) is 21.3 Å². The zero-order valence-corrected chi connectivity index (χ0v) is 6.81. The fourth-order valence-corrected chi connectivity index (χ4v) is 1.26. The van der Waals surface area contributed by atoms with Gasteiger partial charge in [0.2, 0.25) is 0 Å². The van der Waals surface area contributed by atoms with E-state index in [-0.39, 0.29) is 0 Å². The second-order valence-corrected chi connectivity index (χ2v) is 3.32. The first kappa shape index (κ1) is 7.17. The molecule has 1 saturated carbocycles. The van der Waals surface area contributed by atoms with Gasteiger partial charge in [0.25, 0.3) is 0 Å². The molecule has 1 aliphatic carbocycles. The summed E-state index contributed by atoms with van der Waals surface area (Å²) in [6.07, 6.45) is 7.30. The molecule has 2 nitrogen and oxygen atoms in total. The summed E-state index contributed by atoms with van der Waals surface area (Å²) in [6, 6.07) is 0.793. The Balaban J connectivity index is 1.70. The van der Waals surface area contributed by atoms with Crippen LogP contribution >= 0.6 is 0 Å². The molecule has 2 aliphatic rings. The lowest BCUT2D eigenvalue weighted by Gasteiger charge is -2.14. The Labute approximate surface area is 67.6 Å². The van der Waals surface area contributed by atoms with Crippen molar-refractivity contribution in [3.8, 4) is 0 Å². The second kappa shape index (κ2) is 3.26. The van der Waals surface area contributed by atoms with E-state index in [4.69, 9.17) is 4.74 Å². The molecule has 0 unspecified atom stereocenters. The third kappa shape index (κ3) is 2.22. The summed E-state index contributed by atoms with van der Waals surface area (Å²) in [5.74, 6) is 1.16. The highest BCUT2D eigenvalue weighted by atomic mass is 16.5. The Kier molecular flexibility index (Phi) is 2.13. The van der Waals surface area contributed by atoms with Gasteiger partial charge in [-0.1, -0.05) is 0 Å². The molecule has 0 atom stereocenters. The van der Waals surface area contributed by atoms with Crippen molar-refractivity contribution in [3.05, 3.63) is 11.8 Å². The smallest absolute Gasteiger partial charge is 0.106 e. The number of hydrogen-bond donors (Lipinski definition) is 1. The molecule has 1 aliphatic heterocycles. The van der Waals surface area contributed by atoms with Gasteiger partial charge in [-0.3, -0.25) is 0 Å². The van der Waals surface area contributed by atoms with Gasteiger partial charge in [0.1, 0.15) is 5.76 Å². The van der Waals surface area contributed by atoms with Gasteiger partial charge in [0.05, 0.1) is 13.2 Å². The van der Waals surface area contributed by atoms with Crippen LogP contribution in [-0.4, -0.2) is 19.2 Å². The summed E-state index contributed by atoms with van der Waals surface area (Å²) in [6.45, 7) is 1.86. The highest BCUT2D eigenvalue weighted by molar-refractivity contribution is 4.99. The molecule has 0 amide bonds. The van der Waals surface area contributed by atoms with E-state index in [1.807, 2.05) is 0 Å². The van der Waals surface area contributed by atoms with Gasteiger partial charge in [0.15, 0.2) is 0 Å². The van der Waals surface area contributed by atoms with Gasteiger partial charge >= 0.3 is 0 Å². The van der Waals surface area contributed by atoms with Crippen molar-refractivity contribution in [2.24, 2.45) is 0 Å². The minimum atomic E-state index is 0.793. The molecule has 1 N–H and O–H groups in total. The van der Waals surface area contributed by atoms with Crippen LogP contribution in [0.1, 0.15) is 25.7 Å². The normalized spacial score (nSPS) is 24.2. The van der Waals surface area contributed by atoms with Crippen molar-refractivity contribution in [2.45, 2.75) is 31.7 Å². The highest BCUT2D eigenvalue weighted by Crippen LogP contribution is 2.19. The number of ether oxygens (including phenoxy) is 1. The first-order chi connectivity index (χ1) is 5.45. The van der Waals surface area contributed by atoms with Gasteiger partial charge < -0.3 is 10.1 Å². The molecule has 0 aromatic carbocycles. The fourth-order valence-electron chi connectivity index (χ4n) is 1.26. The Morgan fingerprint density at radius 1 is 1.55 bits per heavy atom. The van der Waals surface area contributed by atoms with Crippen molar-refractivity contribution in [1.29, 1.82) is 0 Å². The Morgan fingerprint density at radius 3 is 3.09 bits per heavy atom. The molecule has 2 heteroatoms. The summed E-state index contributed by atoms with van der Waals surface area (Å²) in [7, 11) is 0. The van der Waals surface area contributed by atoms with Crippen LogP contribution < -0.4 is 5.32 Å². The van der Waals surface area contributed by atoms with Gasteiger partial charge in [-0.05, 0) is 31.8 Å². The predicted octanol–water partition coefficient (Wildman–Crippen LogP) is 1.43. The van der Waals surface area contributed by atoms with Crippen LogP contribution in [0.5, 0.6) is 0 Å². The zero-order chi connectivity index (χ0) is 7.52. The second-order valence-electron chi connectivity index (χ2n) is 3.32. The van der Waals surface area contributed by atoms with Crippen LogP contribution in [0.15, 0.2) is 11.8 Å². The predicted molar refractivity (Wildman–Crippen MR) is 44.3 cm³/mol. The SMILES string of the molecule is C1=C(CNC2CC2)OCCC1. The molecule has 0 radical (unpaired) electrons. The molecule has 1 heterocycles. The highest BCUT2D eigenvalue weighted by Gasteiger charge is 2.20. The Hall–Kier alpha value is -0.500. The average Bonchev–Trinajstić information content (AvgIpc) is 2.86. The summed E-state index contributed by atoms with van der Waals surface area (Å²) >= 11 is 0. The van der Waals surface area contributed by atoms with E-state index >= 15 is 0 Å². The summed E-state index contributed by atoms with van der Waals surface area (Å²) in [5, 5.41) is 3.43. The summed E-state index contributed by atoms with van der Waals surface area (Å²) in [5.41, 5.74) is 0. The maximum Gasteiger partial charge on any atom is 0.106 e. The number of rotatable bonds is 3. The Bertz CT molecular complexity index is 161. The molecule has 0 aromatic rings. The van der Waals surface area contributed by atoms with E-state index < -0.39 is 0 Å². The third-order valence-electron chi connectivity index (χ3n) is 2.15. The minimum Gasteiger partial charge on any atom is -0.497 e. The molecule has 0 aromatic heterocycles. The van der Waals surface area contributed by atoms with Crippen LogP contribution in [0.2, 0.25) is 0 Å². The van der Waals surface area contributed by atoms with Crippen molar-refractivity contribution in [3.63, 3.8) is 0 Å². The largest absolute Gasteiger partial charge is 0.497 e. The van der Waals surface area contributed by atoms with Gasteiger partial charge in [-0.15, -0.1) is 0 Å². The molecule has 11 heavy (non-hydrogen) atoms.